The lowest BCUT2D eigenvalue weighted by Crippen LogP contribution is -2.12. The summed E-state index contributed by atoms with van der Waals surface area (Å²) in [6.45, 7) is 2.01. The summed E-state index contributed by atoms with van der Waals surface area (Å²) in [5.74, 6) is 0.489. The summed E-state index contributed by atoms with van der Waals surface area (Å²) in [4.78, 5) is 12.5. The number of amides is 1. The molecule has 0 aliphatic heterocycles. The first kappa shape index (κ1) is 21.3. The molecule has 1 heterocycles. The van der Waals surface area contributed by atoms with Crippen molar-refractivity contribution in [2.75, 3.05) is 16.3 Å². The summed E-state index contributed by atoms with van der Waals surface area (Å²) >= 11 is 0. The van der Waals surface area contributed by atoms with Gasteiger partial charge in [0, 0.05) is 28.1 Å². The average Bonchev–Trinajstić information content (AvgIpc) is 3.25. The van der Waals surface area contributed by atoms with Crippen LogP contribution in [0.2, 0.25) is 0 Å². The molecule has 0 atom stereocenters. The molecule has 0 bridgehead atoms. The van der Waals surface area contributed by atoms with Crippen LogP contribution in [0, 0.1) is 6.92 Å². The molecule has 0 spiro atoms. The number of aryl methyl sites for hydroxylation is 1. The van der Waals surface area contributed by atoms with Crippen LogP contribution in [0.25, 0.3) is 22.9 Å². The highest BCUT2D eigenvalue weighted by Crippen LogP contribution is 2.24. The molecule has 1 amide bonds. The minimum atomic E-state index is -3.35. The number of nitrogens with one attached hydrogen (secondary N) is 2. The summed E-state index contributed by atoms with van der Waals surface area (Å²) in [5.41, 5.74) is 4.08. The molecule has 8 nitrogen and oxygen atoms in total. The molecule has 9 heteroatoms. The lowest BCUT2D eigenvalue weighted by Gasteiger charge is -2.08. The van der Waals surface area contributed by atoms with Crippen molar-refractivity contribution in [1.82, 2.24) is 10.2 Å². The van der Waals surface area contributed by atoms with Crippen molar-refractivity contribution in [3.05, 3.63) is 83.9 Å². The van der Waals surface area contributed by atoms with Crippen LogP contribution in [0.15, 0.2) is 77.2 Å². The zero-order valence-corrected chi connectivity index (χ0v) is 18.2. The molecule has 1 aromatic heterocycles. The first-order chi connectivity index (χ1) is 15.3. The highest BCUT2D eigenvalue weighted by molar-refractivity contribution is 7.92. The van der Waals surface area contributed by atoms with Gasteiger partial charge in [0.15, 0.2) is 0 Å². The second-order valence-corrected chi connectivity index (χ2v) is 9.01. The topological polar surface area (TPSA) is 114 Å². The van der Waals surface area contributed by atoms with Crippen molar-refractivity contribution in [3.8, 4) is 22.9 Å². The van der Waals surface area contributed by atoms with Gasteiger partial charge in [0.25, 0.3) is 5.91 Å². The van der Waals surface area contributed by atoms with Gasteiger partial charge in [-0.05, 0) is 67.6 Å². The summed E-state index contributed by atoms with van der Waals surface area (Å²) in [5, 5.41) is 11.0. The van der Waals surface area contributed by atoms with Gasteiger partial charge in [-0.25, -0.2) is 8.42 Å². The lowest BCUT2D eigenvalue weighted by atomic mass is 10.1. The fraction of sp³-hybridized carbons (Fsp3) is 0.0870. The third kappa shape index (κ3) is 5.19. The summed E-state index contributed by atoms with van der Waals surface area (Å²) in [7, 11) is -3.35. The average molecular weight is 449 g/mol. The van der Waals surface area contributed by atoms with Crippen LogP contribution in [-0.4, -0.2) is 30.8 Å². The molecular weight excluding hydrogens is 428 g/mol. The third-order valence-corrected chi connectivity index (χ3v) is 5.17. The van der Waals surface area contributed by atoms with Crippen molar-refractivity contribution in [2.24, 2.45) is 0 Å². The Hall–Kier alpha value is -3.98. The second kappa shape index (κ2) is 8.64. The van der Waals surface area contributed by atoms with Crippen LogP contribution in [0.5, 0.6) is 0 Å². The summed E-state index contributed by atoms with van der Waals surface area (Å²) in [6, 6.07) is 21.0. The van der Waals surface area contributed by atoms with E-state index < -0.39 is 10.0 Å². The SMILES string of the molecule is Cc1ccc(-c2nnc(-c3ccc(C(=O)Nc4ccc(NS(C)(=O)=O)cc4)cc3)o2)cc1. The monoisotopic (exact) mass is 448 g/mol. The van der Waals surface area contributed by atoms with E-state index >= 15 is 0 Å². The van der Waals surface area contributed by atoms with Crippen molar-refractivity contribution >= 4 is 27.3 Å². The largest absolute Gasteiger partial charge is 0.416 e. The molecule has 0 radical (unpaired) electrons. The fourth-order valence-corrected chi connectivity index (χ4v) is 3.52. The predicted molar refractivity (Wildman–Crippen MR) is 123 cm³/mol. The van der Waals surface area contributed by atoms with Crippen molar-refractivity contribution in [2.45, 2.75) is 6.92 Å². The molecule has 4 rings (SSSR count). The van der Waals surface area contributed by atoms with Gasteiger partial charge in [-0.2, -0.15) is 0 Å². The smallest absolute Gasteiger partial charge is 0.255 e. The van der Waals surface area contributed by atoms with Crippen molar-refractivity contribution in [1.29, 1.82) is 0 Å². The molecule has 0 aliphatic carbocycles. The fourth-order valence-electron chi connectivity index (χ4n) is 2.96. The normalized spacial score (nSPS) is 11.2. The summed E-state index contributed by atoms with van der Waals surface area (Å²) < 4.78 is 30.7. The molecule has 0 saturated carbocycles. The van der Waals surface area contributed by atoms with Gasteiger partial charge in [-0.3, -0.25) is 9.52 Å². The number of hydrogen-bond donors (Lipinski definition) is 2. The van der Waals surface area contributed by atoms with Gasteiger partial charge >= 0.3 is 0 Å². The Morgan fingerprint density at radius 1 is 0.781 bits per heavy atom. The van der Waals surface area contributed by atoms with E-state index in [-0.39, 0.29) is 5.91 Å². The first-order valence-corrected chi connectivity index (χ1v) is 11.6. The number of rotatable bonds is 6. The maximum absolute atomic E-state index is 12.5. The van der Waals surface area contributed by atoms with E-state index in [1.54, 1.807) is 48.5 Å². The van der Waals surface area contributed by atoms with Gasteiger partial charge in [0.2, 0.25) is 21.8 Å². The Kier molecular flexibility index (Phi) is 5.74. The number of carbonyl (C=O) groups is 1. The molecular formula is C23H20N4O4S. The van der Waals surface area contributed by atoms with Crippen LogP contribution in [-0.2, 0) is 10.0 Å². The predicted octanol–water partition coefficient (Wildman–Crippen LogP) is 4.34. The molecule has 0 saturated heterocycles. The highest BCUT2D eigenvalue weighted by atomic mass is 32.2. The molecule has 32 heavy (non-hydrogen) atoms. The molecule has 0 aliphatic rings. The van der Waals surface area contributed by atoms with E-state index in [2.05, 4.69) is 20.2 Å². The molecule has 0 unspecified atom stereocenters. The zero-order chi connectivity index (χ0) is 22.7. The Balaban J connectivity index is 1.43. The molecule has 2 N–H and O–H groups in total. The van der Waals surface area contributed by atoms with Crippen molar-refractivity contribution < 1.29 is 17.6 Å². The molecule has 162 valence electrons. The lowest BCUT2D eigenvalue weighted by molar-refractivity contribution is 0.102. The Morgan fingerprint density at radius 3 is 1.81 bits per heavy atom. The van der Waals surface area contributed by atoms with Crippen LogP contribution >= 0.6 is 0 Å². The molecule has 4 aromatic rings. The Bertz CT molecular complexity index is 1340. The zero-order valence-electron chi connectivity index (χ0n) is 17.4. The minimum absolute atomic E-state index is 0.300. The van der Waals surface area contributed by atoms with E-state index in [1.165, 1.54) is 0 Å². The van der Waals surface area contributed by atoms with E-state index in [4.69, 9.17) is 4.42 Å². The van der Waals surface area contributed by atoms with Gasteiger partial charge in [0.05, 0.1) is 6.26 Å². The van der Waals surface area contributed by atoms with Gasteiger partial charge < -0.3 is 9.73 Å². The number of benzene rings is 3. The van der Waals surface area contributed by atoms with Crippen LogP contribution < -0.4 is 10.0 Å². The number of carbonyl (C=O) groups excluding carboxylic acids is 1. The molecule has 0 fully saturated rings. The van der Waals surface area contributed by atoms with Crippen molar-refractivity contribution in [3.63, 3.8) is 0 Å². The number of aromatic nitrogens is 2. The van der Waals surface area contributed by atoms with E-state index in [1.807, 2.05) is 31.2 Å². The van der Waals surface area contributed by atoms with E-state index in [0.29, 0.717) is 34.3 Å². The van der Waals surface area contributed by atoms with E-state index in [0.717, 1.165) is 17.4 Å². The third-order valence-electron chi connectivity index (χ3n) is 4.56. The maximum atomic E-state index is 12.5. The summed E-state index contributed by atoms with van der Waals surface area (Å²) in [6.07, 6.45) is 1.07. The Morgan fingerprint density at radius 2 is 1.28 bits per heavy atom. The van der Waals surface area contributed by atoms with Gasteiger partial charge in [-0.15, -0.1) is 10.2 Å². The number of hydrogen-bond acceptors (Lipinski definition) is 6. The Labute approximate surface area is 185 Å². The second-order valence-electron chi connectivity index (χ2n) is 7.26. The number of sulfonamides is 1. The maximum Gasteiger partial charge on any atom is 0.255 e. The minimum Gasteiger partial charge on any atom is -0.416 e. The standard InChI is InChI=1S/C23H20N4O4S/c1-15-3-5-17(6-4-15)22-25-26-23(31-22)18-9-7-16(8-10-18)21(28)24-19-11-13-20(14-12-19)27-32(2,29)30/h3-14,27H,1-2H3,(H,24,28). The van der Waals surface area contributed by atoms with Crippen LogP contribution in [0.1, 0.15) is 15.9 Å². The van der Waals surface area contributed by atoms with Crippen LogP contribution in [0.4, 0.5) is 11.4 Å². The van der Waals surface area contributed by atoms with Gasteiger partial charge in [-0.1, -0.05) is 17.7 Å². The van der Waals surface area contributed by atoms with Gasteiger partial charge in [0.1, 0.15) is 0 Å². The number of anilines is 2. The number of nitrogens with zero attached hydrogens (tertiary/aromatic N) is 2. The first-order valence-electron chi connectivity index (χ1n) is 9.67. The molecule has 3 aromatic carbocycles. The quantitative estimate of drug-likeness (QED) is 0.454. The highest BCUT2D eigenvalue weighted by Gasteiger charge is 2.12. The van der Waals surface area contributed by atoms with Crippen LogP contribution in [0.3, 0.4) is 0 Å². The van der Waals surface area contributed by atoms with E-state index in [9.17, 15) is 13.2 Å².